The zero-order valence-electron chi connectivity index (χ0n) is 18.8. The van der Waals surface area contributed by atoms with Crippen LogP contribution in [0, 0.1) is 5.92 Å². The van der Waals surface area contributed by atoms with E-state index in [1.54, 1.807) is 0 Å². The third kappa shape index (κ3) is 7.44. The predicted molar refractivity (Wildman–Crippen MR) is 122 cm³/mol. The Balaban J connectivity index is 1.94. The van der Waals surface area contributed by atoms with Gasteiger partial charge >= 0.3 is 12.4 Å². The van der Waals surface area contributed by atoms with Crippen molar-refractivity contribution in [3.8, 4) is 0 Å². The fourth-order valence-corrected chi connectivity index (χ4v) is 4.48. The van der Waals surface area contributed by atoms with Crippen LogP contribution in [0.3, 0.4) is 0 Å². The molecule has 1 nitrogen and oxygen atoms in total. The second-order valence-corrected chi connectivity index (χ2v) is 9.71. The number of alkyl halides is 8. The van der Waals surface area contributed by atoms with Crippen LogP contribution in [0.4, 0.5) is 39.5 Å². The van der Waals surface area contributed by atoms with Crippen molar-refractivity contribution in [2.45, 2.75) is 56.3 Å². The maximum absolute atomic E-state index is 14.9. The van der Waals surface area contributed by atoms with E-state index in [1.165, 1.54) is 0 Å². The second kappa shape index (κ2) is 10.9. The molecule has 1 aliphatic rings. The van der Waals surface area contributed by atoms with Crippen molar-refractivity contribution >= 4 is 34.8 Å². The van der Waals surface area contributed by atoms with Crippen molar-refractivity contribution < 1.29 is 44.3 Å². The van der Waals surface area contributed by atoms with Crippen molar-refractivity contribution in [3.63, 3.8) is 0 Å². The first-order chi connectivity index (χ1) is 17.0. The van der Waals surface area contributed by atoms with Crippen LogP contribution in [0.25, 0.3) is 5.83 Å². The first kappa shape index (κ1) is 29.4. The van der Waals surface area contributed by atoms with Crippen LogP contribution in [0.5, 0.6) is 0 Å². The van der Waals surface area contributed by atoms with Crippen molar-refractivity contribution in [1.29, 1.82) is 0 Å². The van der Waals surface area contributed by atoms with E-state index in [1.807, 2.05) is 0 Å². The lowest BCUT2D eigenvalue weighted by molar-refractivity contribution is -0.140. The molecule has 0 heterocycles. The Kier molecular flexibility index (Phi) is 8.64. The molecular weight excluding hydrogens is 558 g/mol. The summed E-state index contributed by atoms with van der Waals surface area (Å²) in [4.78, 5) is 12.6. The van der Waals surface area contributed by atoms with E-state index in [0.29, 0.717) is 6.07 Å². The Hall–Kier alpha value is -2.20. The maximum Gasteiger partial charge on any atom is 0.417 e. The molecule has 2 aromatic rings. The normalized spacial score (nSPS) is 18.1. The number of halogens is 11. The maximum atomic E-state index is 14.9. The second-order valence-electron chi connectivity index (χ2n) is 8.89. The molecule has 0 amide bonds. The van der Waals surface area contributed by atoms with Crippen LogP contribution < -0.4 is 0 Å². The summed E-state index contributed by atoms with van der Waals surface area (Å²) in [5, 5.41) is -0.279. The minimum Gasteiger partial charge on any atom is -0.294 e. The third-order valence-corrected chi connectivity index (χ3v) is 6.92. The number of Topliss-reactive ketones (excluding diaryl/α,β-unsaturated/α-hetero) is 1. The lowest BCUT2D eigenvalue weighted by atomic mass is 9.82. The molecule has 12 heteroatoms. The van der Waals surface area contributed by atoms with Crippen molar-refractivity contribution in [2.24, 2.45) is 5.92 Å². The van der Waals surface area contributed by atoms with Gasteiger partial charge in [-0.05, 0) is 48.6 Å². The summed E-state index contributed by atoms with van der Waals surface area (Å²) in [6.45, 7) is 0. The lowest BCUT2D eigenvalue weighted by Crippen LogP contribution is -2.26. The van der Waals surface area contributed by atoms with Crippen LogP contribution in [-0.4, -0.2) is 17.9 Å². The van der Waals surface area contributed by atoms with Gasteiger partial charge in [-0.25, -0.2) is 13.2 Å². The van der Waals surface area contributed by atoms with Crippen LogP contribution in [0.15, 0.2) is 42.5 Å². The van der Waals surface area contributed by atoms with Crippen LogP contribution in [0.2, 0.25) is 10.0 Å². The van der Waals surface area contributed by atoms with E-state index in [4.69, 9.17) is 23.2 Å². The number of hydrogen-bond donors (Lipinski definition) is 0. The van der Waals surface area contributed by atoms with Crippen LogP contribution >= 0.6 is 23.2 Å². The van der Waals surface area contributed by atoms with E-state index in [0.717, 1.165) is 24.3 Å². The van der Waals surface area contributed by atoms with Gasteiger partial charge in [0.2, 0.25) is 5.92 Å². The third-order valence-electron chi connectivity index (χ3n) is 6.18. The highest BCUT2D eigenvalue weighted by atomic mass is 35.5. The van der Waals surface area contributed by atoms with Gasteiger partial charge < -0.3 is 0 Å². The zero-order valence-corrected chi connectivity index (χ0v) is 20.3. The fraction of sp³-hybridized carbons (Fsp3) is 0.400. The molecule has 3 rings (SSSR count). The highest BCUT2D eigenvalue weighted by Gasteiger charge is 2.41. The predicted octanol–water partition coefficient (Wildman–Crippen LogP) is 10.1. The van der Waals surface area contributed by atoms with Crippen LogP contribution in [0.1, 0.15) is 65.1 Å². The Morgan fingerprint density at radius 1 is 0.973 bits per heavy atom. The van der Waals surface area contributed by atoms with Gasteiger partial charge in [-0.3, -0.25) is 4.79 Å². The van der Waals surface area contributed by atoms with Gasteiger partial charge in [0.1, 0.15) is 11.7 Å². The van der Waals surface area contributed by atoms with Gasteiger partial charge in [-0.15, -0.1) is 0 Å². The first-order valence-corrected chi connectivity index (χ1v) is 11.7. The molecular formula is C25H19Cl2F9O. The number of carbonyl (C=O) groups excluding carboxylic acids is 1. The highest BCUT2D eigenvalue weighted by Crippen LogP contribution is 2.42. The molecule has 0 spiro atoms. The molecule has 2 aromatic carbocycles. The van der Waals surface area contributed by atoms with Gasteiger partial charge in [0.05, 0.1) is 15.6 Å². The monoisotopic (exact) mass is 576 g/mol. The number of carbonyl (C=O) groups is 1. The van der Waals surface area contributed by atoms with Crippen molar-refractivity contribution in [3.05, 3.63) is 74.8 Å². The molecule has 1 saturated carbocycles. The number of hydrogen-bond acceptors (Lipinski definition) is 1. The molecule has 0 radical (unpaired) electrons. The summed E-state index contributed by atoms with van der Waals surface area (Å²) in [7, 11) is 0. The minimum atomic E-state index is -5.13. The van der Waals surface area contributed by atoms with Gasteiger partial charge in [0, 0.05) is 30.4 Å². The number of benzene rings is 2. The van der Waals surface area contributed by atoms with E-state index < -0.39 is 83.2 Å². The minimum absolute atomic E-state index is 0.0386. The van der Waals surface area contributed by atoms with Crippen LogP contribution in [-0.2, 0) is 6.18 Å². The van der Waals surface area contributed by atoms with E-state index in [-0.39, 0.29) is 35.0 Å². The molecule has 202 valence electrons. The smallest absolute Gasteiger partial charge is 0.294 e. The van der Waals surface area contributed by atoms with Gasteiger partial charge in [0.25, 0.3) is 0 Å². The number of rotatable bonds is 6. The summed E-state index contributed by atoms with van der Waals surface area (Å²) < 4.78 is 124. The lowest BCUT2D eigenvalue weighted by Gasteiger charge is -2.28. The summed E-state index contributed by atoms with van der Waals surface area (Å²) in [6, 6.07) is 4.62. The largest absolute Gasteiger partial charge is 0.417 e. The average molecular weight is 577 g/mol. The Bertz CT molecular complexity index is 1180. The zero-order chi connectivity index (χ0) is 27.8. The molecule has 0 saturated heterocycles. The van der Waals surface area contributed by atoms with Crippen molar-refractivity contribution in [2.75, 3.05) is 0 Å². The summed E-state index contributed by atoms with van der Waals surface area (Å²) in [5.41, 5.74) is -3.65. The van der Waals surface area contributed by atoms with Gasteiger partial charge in [-0.2, -0.15) is 26.3 Å². The fourth-order valence-electron chi connectivity index (χ4n) is 4.17. The Morgan fingerprint density at radius 2 is 1.59 bits per heavy atom. The molecule has 1 atom stereocenters. The molecule has 0 N–H and O–H groups in total. The molecule has 0 aliphatic heterocycles. The first-order valence-electron chi connectivity index (χ1n) is 11.0. The standard InChI is InChI=1S/C25H19Cl2F9O/c26-19-4-2-14(11-20(19)27)17(24(31,32)33)12-21(28)15-1-3-16(18(10-15)25(34,35)36)22(37)9-13-5-7-23(29,30)8-6-13/h1-4,10-13,17H,5-9H2/b21-12-. The summed E-state index contributed by atoms with van der Waals surface area (Å²) in [6.07, 6.45) is -11.5. The average Bonchev–Trinajstić information content (AvgIpc) is 2.79. The molecule has 37 heavy (non-hydrogen) atoms. The number of allylic oxidation sites excluding steroid dienone is 1. The quantitative estimate of drug-likeness (QED) is 0.247. The summed E-state index contributed by atoms with van der Waals surface area (Å²) in [5.74, 6) is -8.55. The topological polar surface area (TPSA) is 17.1 Å². The van der Waals surface area contributed by atoms with Crippen molar-refractivity contribution in [1.82, 2.24) is 0 Å². The van der Waals surface area contributed by atoms with Gasteiger partial charge in [-0.1, -0.05) is 41.4 Å². The molecule has 0 bridgehead atoms. The Morgan fingerprint density at radius 3 is 2.14 bits per heavy atom. The molecule has 0 aromatic heterocycles. The molecule has 1 fully saturated rings. The summed E-state index contributed by atoms with van der Waals surface area (Å²) >= 11 is 11.5. The molecule has 1 aliphatic carbocycles. The van der Waals surface area contributed by atoms with E-state index in [2.05, 4.69) is 0 Å². The van der Waals surface area contributed by atoms with E-state index >= 15 is 0 Å². The number of ketones is 1. The highest BCUT2D eigenvalue weighted by molar-refractivity contribution is 6.42. The molecule has 1 unspecified atom stereocenters. The Labute approximate surface area is 216 Å². The van der Waals surface area contributed by atoms with Gasteiger partial charge in [0.15, 0.2) is 5.78 Å². The van der Waals surface area contributed by atoms with E-state index in [9.17, 15) is 44.3 Å². The SMILES string of the molecule is O=C(CC1CCC(F)(F)CC1)c1ccc(/C(F)=C/C(c2ccc(Cl)c(Cl)c2)C(F)(F)F)cc1C(F)(F)F.